The van der Waals surface area contributed by atoms with Crippen molar-refractivity contribution in [3.8, 4) is 0 Å². The average Bonchev–Trinajstić information content (AvgIpc) is 3.26. The molecule has 7 heteroatoms. The molecule has 2 heterocycles. The summed E-state index contributed by atoms with van der Waals surface area (Å²) in [6.45, 7) is 2.87. The van der Waals surface area contributed by atoms with Crippen LogP contribution in [0.15, 0.2) is 71.3 Å². The lowest BCUT2D eigenvalue weighted by molar-refractivity contribution is -0.132. The Morgan fingerprint density at radius 1 is 1.12 bits per heavy atom. The van der Waals surface area contributed by atoms with E-state index in [0.717, 1.165) is 11.1 Å². The summed E-state index contributed by atoms with van der Waals surface area (Å²) in [6, 6.07) is 17.5. The van der Waals surface area contributed by atoms with Crippen molar-refractivity contribution in [1.29, 1.82) is 0 Å². The average molecular weight is 436 g/mol. The maximum Gasteiger partial charge on any atom is 0.290 e. The van der Waals surface area contributed by atoms with E-state index in [9.17, 15) is 14.0 Å². The molecule has 2 amide bonds. The Labute approximate surface area is 186 Å². The molecule has 3 aromatic rings. The molecule has 0 spiro atoms. The van der Waals surface area contributed by atoms with Crippen molar-refractivity contribution in [2.45, 2.75) is 26.2 Å². The topological polar surface area (TPSA) is 63.0 Å². The molecule has 4 rings (SSSR count). The smallest absolute Gasteiger partial charge is 0.290 e. The SMILES string of the molecule is Cc1cccc(CN2CC(OCc3ccccc3F)CN(C(=O)c3ccco3)CC2=O)c1. The van der Waals surface area contributed by atoms with E-state index in [1.807, 2.05) is 31.2 Å². The number of halogens is 1. The van der Waals surface area contributed by atoms with Gasteiger partial charge in [-0.2, -0.15) is 0 Å². The largest absolute Gasteiger partial charge is 0.459 e. The quantitative estimate of drug-likeness (QED) is 0.590. The first-order chi connectivity index (χ1) is 15.5. The highest BCUT2D eigenvalue weighted by molar-refractivity contribution is 5.94. The van der Waals surface area contributed by atoms with Crippen molar-refractivity contribution in [2.24, 2.45) is 0 Å². The summed E-state index contributed by atoms with van der Waals surface area (Å²) in [5, 5.41) is 0. The fourth-order valence-electron chi connectivity index (χ4n) is 3.80. The fourth-order valence-corrected chi connectivity index (χ4v) is 3.80. The minimum atomic E-state index is -0.482. The Kier molecular flexibility index (Phi) is 6.66. The van der Waals surface area contributed by atoms with Crippen molar-refractivity contribution >= 4 is 11.8 Å². The van der Waals surface area contributed by atoms with Gasteiger partial charge in [-0.3, -0.25) is 9.59 Å². The number of carbonyl (C=O) groups excluding carboxylic acids is 2. The van der Waals surface area contributed by atoms with Crippen molar-refractivity contribution in [3.05, 3.63) is 95.2 Å². The molecule has 32 heavy (non-hydrogen) atoms. The summed E-state index contributed by atoms with van der Waals surface area (Å²) in [7, 11) is 0. The van der Waals surface area contributed by atoms with Gasteiger partial charge >= 0.3 is 0 Å². The predicted octanol–water partition coefficient (Wildman–Crippen LogP) is 3.80. The minimum absolute atomic E-state index is 0.0482. The van der Waals surface area contributed by atoms with Crippen molar-refractivity contribution in [3.63, 3.8) is 0 Å². The van der Waals surface area contributed by atoms with Gasteiger partial charge < -0.3 is 19.0 Å². The summed E-state index contributed by atoms with van der Waals surface area (Å²) in [4.78, 5) is 29.1. The fraction of sp³-hybridized carbons (Fsp3) is 0.280. The zero-order valence-electron chi connectivity index (χ0n) is 17.9. The molecular formula is C25H25FN2O4. The molecular weight excluding hydrogens is 411 g/mol. The van der Waals surface area contributed by atoms with Gasteiger partial charge in [-0.15, -0.1) is 0 Å². The summed E-state index contributed by atoms with van der Waals surface area (Å²) in [5.74, 6) is -0.737. The van der Waals surface area contributed by atoms with Crippen LogP contribution in [0, 0.1) is 12.7 Å². The molecule has 1 aliphatic heterocycles. The van der Waals surface area contributed by atoms with Crippen LogP contribution in [0.25, 0.3) is 0 Å². The van der Waals surface area contributed by atoms with Gasteiger partial charge in [-0.25, -0.2) is 4.39 Å². The molecule has 2 aromatic carbocycles. The Bertz CT molecular complexity index is 1080. The lowest BCUT2D eigenvalue weighted by atomic mass is 10.1. The number of aryl methyl sites for hydroxylation is 1. The summed E-state index contributed by atoms with van der Waals surface area (Å²) in [6.07, 6.45) is 0.938. The number of benzene rings is 2. The Hall–Kier alpha value is -3.45. The molecule has 0 saturated carbocycles. The highest BCUT2D eigenvalue weighted by atomic mass is 19.1. The van der Waals surface area contributed by atoms with Gasteiger partial charge in [0.25, 0.3) is 5.91 Å². The number of hydrogen-bond donors (Lipinski definition) is 0. The van der Waals surface area contributed by atoms with E-state index < -0.39 is 6.10 Å². The van der Waals surface area contributed by atoms with E-state index in [2.05, 4.69) is 0 Å². The standard InChI is InChI=1S/C25H25FN2O4/c1-18-6-4-7-19(12-18)13-27-14-21(32-17-20-8-2-3-9-22(20)26)15-28(16-24(27)29)25(30)23-10-5-11-31-23/h2-12,21H,13-17H2,1H3. The van der Waals surface area contributed by atoms with Crippen LogP contribution in [-0.4, -0.2) is 47.4 Å². The second-order valence-electron chi connectivity index (χ2n) is 7.95. The van der Waals surface area contributed by atoms with E-state index in [0.29, 0.717) is 18.7 Å². The first kappa shape index (κ1) is 21.8. The second-order valence-corrected chi connectivity index (χ2v) is 7.95. The Morgan fingerprint density at radius 3 is 2.72 bits per heavy atom. The molecule has 1 aliphatic rings. The minimum Gasteiger partial charge on any atom is -0.459 e. The number of carbonyl (C=O) groups is 2. The third-order valence-corrected chi connectivity index (χ3v) is 5.43. The van der Waals surface area contributed by atoms with Crippen LogP contribution >= 0.6 is 0 Å². The van der Waals surface area contributed by atoms with Gasteiger partial charge in [0.2, 0.25) is 5.91 Å². The van der Waals surface area contributed by atoms with E-state index in [1.54, 1.807) is 35.2 Å². The zero-order chi connectivity index (χ0) is 22.5. The Balaban J connectivity index is 1.54. The van der Waals surface area contributed by atoms with Crippen LogP contribution in [-0.2, 0) is 22.7 Å². The third kappa shape index (κ3) is 5.23. The van der Waals surface area contributed by atoms with Crippen LogP contribution in [0.3, 0.4) is 0 Å². The molecule has 6 nitrogen and oxygen atoms in total. The van der Waals surface area contributed by atoms with Gasteiger partial charge in [0, 0.05) is 25.2 Å². The van der Waals surface area contributed by atoms with Gasteiger partial charge in [0.1, 0.15) is 12.4 Å². The molecule has 0 radical (unpaired) electrons. The third-order valence-electron chi connectivity index (χ3n) is 5.43. The highest BCUT2D eigenvalue weighted by Gasteiger charge is 2.32. The summed E-state index contributed by atoms with van der Waals surface area (Å²) < 4.78 is 25.3. The zero-order valence-corrected chi connectivity index (χ0v) is 17.9. The van der Waals surface area contributed by atoms with Crippen LogP contribution < -0.4 is 0 Å². The summed E-state index contributed by atoms with van der Waals surface area (Å²) >= 11 is 0. The number of furan rings is 1. The number of rotatable bonds is 6. The maximum absolute atomic E-state index is 14.1. The van der Waals surface area contributed by atoms with Crippen molar-refractivity contribution in [1.82, 2.24) is 9.80 Å². The normalized spacial score (nSPS) is 16.8. The number of amides is 2. The van der Waals surface area contributed by atoms with E-state index in [4.69, 9.17) is 9.15 Å². The summed E-state index contributed by atoms with van der Waals surface area (Å²) in [5.41, 5.74) is 2.53. The molecule has 166 valence electrons. The first-order valence-electron chi connectivity index (χ1n) is 10.5. The molecule has 1 atom stereocenters. The lowest BCUT2D eigenvalue weighted by Crippen LogP contribution is -2.39. The van der Waals surface area contributed by atoms with Crippen LogP contribution in [0.4, 0.5) is 4.39 Å². The highest BCUT2D eigenvalue weighted by Crippen LogP contribution is 2.18. The molecule has 1 unspecified atom stereocenters. The molecule has 1 aromatic heterocycles. The predicted molar refractivity (Wildman–Crippen MR) is 116 cm³/mol. The number of nitrogens with zero attached hydrogens (tertiary/aromatic N) is 2. The van der Waals surface area contributed by atoms with Gasteiger partial charge in [-0.05, 0) is 30.7 Å². The molecule has 0 aliphatic carbocycles. The Morgan fingerprint density at radius 2 is 1.97 bits per heavy atom. The molecule has 1 fully saturated rings. The molecule has 1 saturated heterocycles. The van der Waals surface area contributed by atoms with Crippen LogP contribution in [0.2, 0.25) is 0 Å². The van der Waals surface area contributed by atoms with E-state index >= 15 is 0 Å². The van der Waals surface area contributed by atoms with Gasteiger partial charge in [0.15, 0.2) is 5.76 Å². The van der Waals surface area contributed by atoms with Crippen LogP contribution in [0.5, 0.6) is 0 Å². The first-order valence-corrected chi connectivity index (χ1v) is 10.5. The monoisotopic (exact) mass is 436 g/mol. The molecule has 0 N–H and O–H groups in total. The number of hydrogen-bond acceptors (Lipinski definition) is 4. The molecule has 0 bridgehead atoms. The van der Waals surface area contributed by atoms with Crippen molar-refractivity contribution in [2.75, 3.05) is 19.6 Å². The van der Waals surface area contributed by atoms with Crippen molar-refractivity contribution < 1.29 is 23.1 Å². The van der Waals surface area contributed by atoms with Crippen LogP contribution in [0.1, 0.15) is 27.2 Å². The van der Waals surface area contributed by atoms with E-state index in [-0.39, 0.29) is 43.1 Å². The van der Waals surface area contributed by atoms with E-state index in [1.165, 1.54) is 17.2 Å². The van der Waals surface area contributed by atoms with Gasteiger partial charge in [0.05, 0.1) is 19.0 Å². The second kappa shape index (κ2) is 9.78. The van der Waals surface area contributed by atoms with Gasteiger partial charge in [-0.1, -0.05) is 48.0 Å². The lowest BCUT2D eigenvalue weighted by Gasteiger charge is -2.25. The number of ether oxygens (including phenoxy) is 1. The maximum atomic E-state index is 14.1.